The molecule has 1 N–H and O–H groups in total. The second-order valence-corrected chi connectivity index (χ2v) is 4.75. The molecule has 2 rings (SSSR count). The van der Waals surface area contributed by atoms with Gasteiger partial charge in [-0.2, -0.15) is 0 Å². The molecule has 0 saturated heterocycles. The van der Waals surface area contributed by atoms with Gasteiger partial charge in [0.1, 0.15) is 18.1 Å². The van der Waals surface area contributed by atoms with Crippen LogP contribution in [0.2, 0.25) is 0 Å². The molecule has 0 radical (unpaired) electrons. The van der Waals surface area contributed by atoms with Crippen molar-refractivity contribution in [3.8, 4) is 11.5 Å². The molecule has 0 bridgehead atoms. The van der Waals surface area contributed by atoms with E-state index < -0.39 is 0 Å². The van der Waals surface area contributed by atoms with E-state index in [-0.39, 0.29) is 5.91 Å². The molecule has 0 aliphatic carbocycles. The number of nitrogens with one attached hydrogen (secondary N) is 1. The lowest BCUT2D eigenvalue weighted by molar-refractivity contribution is 0.102. The van der Waals surface area contributed by atoms with Gasteiger partial charge in [0.05, 0.1) is 13.7 Å². The van der Waals surface area contributed by atoms with Crippen molar-refractivity contribution in [1.82, 2.24) is 0 Å². The van der Waals surface area contributed by atoms with Crippen LogP contribution < -0.4 is 14.8 Å². The Labute approximate surface area is 136 Å². The quantitative estimate of drug-likeness (QED) is 0.759. The third-order valence-electron chi connectivity index (χ3n) is 3.16. The maximum Gasteiger partial charge on any atom is 0.255 e. The summed E-state index contributed by atoms with van der Waals surface area (Å²) in [6.45, 7) is 3.66. The molecule has 2 aromatic carbocycles. The van der Waals surface area contributed by atoms with Crippen molar-refractivity contribution in [3.63, 3.8) is 0 Å². The zero-order valence-corrected chi connectivity index (χ0v) is 13.4. The summed E-state index contributed by atoms with van der Waals surface area (Å²) in [4.78, 5) is 12.2. The number of benzene rings is 2. The zero-order chi connectivity index (χ0) is 16.5. The summed E-state index contributed by atoms with van der Waals surface area (Å²) in [5.74, 6) is 1.29. The number of amides is 1. The maximum absolute atomic E-state index is 12.2. The number of ether oxygens (including phenoxy) is 3. The fourth-order valence-electron chi connectivity index (χ4n) is 1.94. The number of hydrogen-bond acceptors (Lipinski definition) is 4. The highest BCUT2D eigenvalue weighted by Gasteiger charge is 2.06. The molecule has 0 atom stereocenters. The molecular weight excluding hydrogens is 294 g/mol. The van der Waals surface area contributed by atoms with E-state index in [1.54, 1.807) is 55.6 Å². The van der Waals surface area contributed by atoms with Crippen LogP contribution >= 0.6 is 0 Å². The third-order valence-corrected chi connectivity index (χ3v) is 3.16. The van der Waals surface area contributed by atoms with E-state index >= 15 is 0 Å². The van der Waals surface area contributed by atoms with Crippen LogP contribution in [-0.4, -0.2) is 32.8 Å². The van der Waals surface area contributed by atoms with E-state index in [9.17, 15) is 4.79 Å². The van der Waals surface area contributed by atoms with Crippen molar-refractivity contribution in [2.45, 2.75) is 6.92 Å². The lowest BCUT2D eigenvalue weighted by Crippen LogP contribution is -2.12. The van der Waals surface area contributed by atoms with Crippen LogP contribution in [0, 0.1) is 0 Å². The monoisotopic (exact) mass is 315 g/mol. The van der Waals surface area contributed by atoms with Gasteiger partial charge < -0.3 is 19.5 Å². The minimum Gasteiger partial charge on any atom is -0.497 e. The van der Waals surface area contributed by atoms with Crippen LogP contribution in [0.3, 0.4) is 0 Å². The number of anilines is 1. The molecule has 0 spiro atoms. The summed E-state index contributed by atoms with van der Waals surface area (Å²) in [5, 5.41) is 2.83. The number of rotatable bonds is 8. The summed E-state index contributed by atoms with van der Waals surface area (Å²) in [7, 11) is 1.60. The maximum atomic E-state index is 12.2. The molecular formula is C18H21NO4. The van der Waals surface area contributed by atoms with E-state index in [0.29, 0.717) is 36.8 Å². The fraction of sp³-hybridized carbons (Fsp3) is 0.278. The van der Waals surface area contributed by atoms with Gasteiger partial charge in [0.25, 0.3) is 5.91 Å². The molecule has 23 heavy (non-hydrogen) atoms. The molecule has 0 heterocycles. The highest BCUT2D eigenvalue weighted by molar-refractivity contribution is 6.04. The Hall–Kier alpha value is -2.53. The van der Waals surface area contributed by atoms with Crippen LogP contribution in [0.5, 0.6) is 11.5 Å². The second kappa shape index (κ2) is 8.80. The van der Waals surface area contributed by atoms with E-state index in [1.165, 1.54) is 0 Å². The first-order valence-corrected chi connectivity index (χ1v) is 7.49. The van der Waals surface area contributed by atoms with Gasteiger partial charge in [-0.25, -0.2) is 0 Å². The average Bonchev–Trinajstić information content (AvgIpc) is 2.60. The van der Waals surface area contributed by atoms with Crippen LogP contribution in [-0.2, 0) is 4.74 Å². The summed E-state index contributed by atoms with van der Waals surface area (Å²) in [6.07, 6.45) is 0. The summed E-state index contributed by atoms with van der Waals surface area (Å²) in [6, 6.07) is 14.2. The molecule has 0 aliphatic rings. The van der Waals surface area contributed by atoms with E-state index in [2.05, 4.69) is 5.32 Å². The van der Waals surface area contributed by atoms with Gasteiger partial charge >= 0.3 is 0 Å². The Bertz CT molecular complexity index is 608. The average molecular weight is 315 g/mol. The molecule has 0 saturated carbocycles. The van der Waals surface area contributed by atoms with Gasteiger partial charge in [0.2, 0.25) is 0 Å². The molecule has 0 fully saturated rings. The minimum atomic E-state index is -0.170. The third kappa shape index (κ3) is 5.30. The molecule has 0 unspecified atom stereocenters. The van der Waals surface area contributed by atoms with Gasteiger partial charge in [-0.15, -0.1) is 0 Å². The van der Waals surface area contributed by atoms with Gasteiger partial charge in [0.15, 0.2) is 0 Å². The molecule has 5 heteroatoms. The number of carbonyl (C=O) groups excluding carboxylic acids is 1. The van der Waals surface area contributed by atoms with Gasteiger partial charge in [-0.3, -0.25) is 4.79 Å². The zero-order valence-electron chi connectivity index (χ0n) is 13.4. The Morgan fingerprint density at radius 1 is 0.957 bits per heavy atom. The predicted molar refractivity (Wildman–Crippen MR) is 89.4 cm³/mol. The highest BCUT2D eigenvalue weighted by Crippen LogP contribution is 2.17. The second-order valence-electron chi connectivity index (χ2n) is 4.75. The lowest BCUT2D eigenvalue weighted by Gasteiger charge is -2.08. The highest BCUT2D eigenvalue weighted by atomic mass is 16.5. The Morgan fingerprint density at radius 2 is 1.61 bits per heavy atom. The summed E-state index contributed by atoms with van der Waals surface area (Å²) < 4.78 is 15.8. The van der Waals surface area contributed by atoms with Gasteiger partial charge in [-0.05, 0) is 55.5 Å². The smallest absolute Gasteiger partial charge is 0.255 e. The predicted octanol–water partition coefficient (Wildman–Crippen LogP) is 3.36. The first-order valence-electron chi connectivity index (χ1n) is 7.49. The van der Waals surface area contributed by atoms with E-state index in [1.807, 2.05) is 6.92 Å². The SMILES string of the molecule is CCOCCOc1ccc(C(=O)Nc2ccc(OC)cc2)cc1. The van der Waals surface area contributed by atoms with Gasteiger partial charge in [-0.1, -0.05) is 0 Å². The van der Waals surface area contributed by atoms with Crippen molar-refractivity contribution in [3.05, 3.63) is 54.1 Å². The molecule has 5 nitrogen and oxygen atoms in total. The minimum absolute atomic E-state index is 0.170. The molecule has 0 aromatic heterocycles. The standard InChI is InChI=1S/C18H21NO4/c1-3-22-12-13-23-17-8-4-14(5-9-17)18(20)19-15-6-10-16(21-2)11-7-15/h4-11H,3,12-13H2,1-2H3,(H,19,20). The number of methoxy groups -OCH3 is 1. The lowest BCUT2D eigenvalue weighted by atomic mass is 10.2. The van der Waals surface area contributed by atoms with E-state index in [4.69, 9.17) is 14.2 Å². The van der Waals surface area contributed by atoms with Crippen LogP contribution in [0.4, 0.5) is 5.69 Å². The first kappa shape index (κ1) is 16.8. The molecule has 122 valence electrons. The van der Waals surface area contributed by atoms with Crippen LogP contribution in [0.15, 0.2) is 48.5 Å². The van der Waals surface area contributed by atoms with Crippen LogP contribution in [0.1, 0.15) is 17.3 Å². The summed E-state index contributed by atoms with van der Waals surface area (Å²) in [5.41, 5.74) is 1.28. The molecule has 2 aromatic rings. The fourth-order valence-corrected chi connectivity index (χ4v) is 1.94. The van der Waals surface area contributed by atoms with Crippen molar-refractivity contribution in [1.29, 1.82) is 0 Å². The van der Waals surface area contributed by atoms with Crippen molar-refractivity contribution < 1.29 is 19.0 Å². The first-order chi connectivity index (χ1) is 11.2. The molecule has 1 amide bonds. The Balaban J connectivity index is 1.88. The van der Waals surface area contributed by atoms with Crippen molar-refractivity contribution >= 4 is 11.6 Å². The number of carbonyl (C=O) groups is 1. The van der Waals surface area contributed by atoms with Crippen molar-refractivity contribution in [2.24, 2.45) is 0 Å². The van der Waals surface area contributed by atoms with Crippen molar-refractivity contribution in [2.75, 3.05) is 32.2 Å². The Morgan fingerprint density at radius 3 is 2.22 bits per heavy atom. The van der Waals surface area contributed by atoms with Crippen LogP contribution in [0.25, 0.3) is 0 Å². The van der Waals surface area contributed by atoms with E-state index in [0.717, 1.165) is 5.75 Å². The molecule has 0 aliphatic heterocycles. The largest absolute Gasteiger partial charge is 0.497 e. The summed E-state index contributed by atoms with van der Waals surface area (Å²) >= 11 is 0. The number of hydrogen-bond donors (Lipinski definition) is 1. The van der Waals surface area contributed by atoms with Gasteiger partial charge in [0, 0.05) is 17.9 Å². The Kier molecular flexibility index (Phi) is 6.44. The normalized spacial score (nSPS) is 10.2. The topological polar surface area (TPSA) is 56.8 Å².